The van der Waals surface area contributed by atoms with Gasteiger partial charge in [0.05, 0.1) is 19.1 Å². The highest BCUT2D eigenvalue weighted by molar-refractivity contribution is 6.74. The molecule has 0 saturated carbocycles. The lowest BCUT2D eigenvalue weighted by atomic mass is 10.0. The zero-order chi connectivity index (χ0) is 20.5. The van der Waals surface area contributed by atoms with Gasteiger partial charge >= 0.3 is 5.97 Å². The van der Waals surface area contributed by atoms with Crippen molar-refractivity contribution in [3.05, 3.63) is 35.9 Å². The number of benzene rings is 1. The van der Waals surface area contributed by atoms with Gasteiger partial charge in [-0.3, -0.25) is 4.79 Å². The third-order valence-corrected chi connectivity index (χ3v) is 9.88. The highest BCUT2D eigenvalue weighted by atomic mass is 28.4. The van der Waals surface area contributed by atoms with Crippen molar-refractivity contribution in [1.82, 2.24) is 0 Å². The summed E-state index contributed by atoms with van der Waals surface area (Å²) < 4.78 is 11.5. The summed E-state index contributed by atoms with van der Waals surface area (Å²) in [6, 6.07) is 10.4. The van der Waals surface area contributed by atoms with E-state index >= 15 is 0 Å². The van der Waals surface area contributed by atoms with Gasteiger partial charge in [-0.1, -0.05) is 51.1 Å². The Bertz CT molecular complexity index is 551. The van der Waals surface area contributed by atoms with Gasteiger partial charge in [0.2, 0.25) is 0 Å². The second-order valence-corrected chi connectivity index (χ2v) is 13.5. The largest absolute Gasteiger partial charge is 0.466 e. The summed E-state index contributed by atoms with van der Waals surface area (Å²) in [5, 5.41) is 10.5. The Morgan fingerprint density at radius 3 is 2.37 bits per heavy atom. The van der Waals surface area contributed by atoms with E-state index in [0.717, 1.165) is 19.3 Å². The summed E-state index contributed by atoms with van der Waals surface area (Å²) in [6.45, 7) is 13.2. The third-order valence-electron chi connectivity index (χ3n) is 5.34. The van der Waals surface area contributed by atoms with Crippen LogP contribution in [0.15, 0.2) is 30.3 Å². The molecule has 1 rings (SSSR count). The number of carbonyl (C=O) groups excluding carboxylic acids is 1. The molecule has 0 aliphatic rings. The van der Waals surface area contributed by atoms with E-state index < -0.39 is 14.4 Å². The molecule has 0 saturated heterocycles. The lowest BCUT2D eigenvalue weighted by Crippen LogP contribution is -2.44. The predicted molar refractivity (Wildman–Crippen MR) is 113 cm³/mol. The van der Waals surface area contributed by atoms with Crippen LogP contribution < -0.4 is 0 Å². The standard InChI is InChI=1S/C22H38O4Si/c1-7-25-21(24)17-19(23)16-20(26-27(5,6)22(2,3)4)15-11-14-18-12-9-8-10-13-18/h8-10,12-13,19-20,23H,7,11,14-17H2,1-6H3/t19?,20-/m1/s1. The number of rotatable bonds is 11. The van der Waals surface area contributed by atoms with E-state index in [0.29, 0.717) is 13.0 Å². The highest BCUT2D eigenvalue weighted by Gasteiger charge is 2.39. The smallest absolute Gasteiger partial charge is 0.308 e. The van der Waals surface area contributed by atoms with Crippen molar-refractivity contribution in [2.75, 3.05) is 6.61 Å². The molecule has 0 bridgehead atoms. The van der Waals surface area contributed by atoms with Gasteiger partial charge in [0, 0.05) is 6.10 Å². The van der Waals surface area contributed by atoms with Crippen molar-refractivity contribution in [3.8, 4) is 0 Å². The van der Waals surface area contributed by atoms with Crippen LogP contribution in [0.2, 0.25) is 18.1 Å². The first kappa shape index (κ1) is 23.9. The summed E-state index contributed by atoms with van der Waals surface area (Å²) in [5.74, 6) is -0.347. The number of hydrogen-bond acceptors (Lipinski definition) is 4. The first-order chi connectivity index (χ1) is 12.5. The normalized spacial score (nSPS) is 14.6. The van der Waals surface area contributed by atoms with Crippen LogP contribution in [0.4, 0.5) is 0 Å². The van der Waals surface area contributed by atoms with Crippen LogP contribution in [0.5, 0.6) is 0 Å². The number of aryl methyl sites for hydroxylation is 1. The molecule has 0 radical (unpaired) electrons. The molecular weight excluding hydrogens is 356 g/mol. The van der Waals surface area contributed by atoms with Crippen LogP contribution in [0, 0.1) is 0 Å². The van der Waals surface area contributed by atoms with Gasteiger partial charge in [-0.25, -0.2) is 0 Å². The van der Waals surface area contributed by atoms with Crippen molar-refractivity contribution in [3.63, 3.8) is 0 Å². The van der Waals surface area contributed by atoms with E-state index in [1.54, 1.807) is 6.92 Å². The SMILES string of the molecule is CCOC(=O)CC(O)C[C@@H](CCCc1ccccc1)O[Si](C)(C)C(C)(C)C. The fraction of sp³-hybridized carbons (Fsp3) is 0.682. The molecule has 1 aromatic rings. The zero-order valence-corrected chi connectivity index (χ0v) is 19.0. The second kappa shape index (κ2) is 11.0. The van der Waals surface area contributed by atoms with Crippen LogP contribution in [0.1, 0.15) is 58.9 Å². The molecule has 0 aromatic heterocycles. The monoisotopic (exact) mass is 394 g/mol. The number of hydrogen-bond donors (Lipinski definition) is 1. The number of ether oxygens (including phenoxy) is 1. The van der Waals surface area contributed by atoms with Gasteiger partial charge in [0.15, 0.2) is 8.32 Å². The molecule has 0 amide bonds. The molecule has 27 heavy (non-hydrogen) atoms. The number of carbonyl (C=O) groups is 1. The van der Waals surface area contributed by atoms with Crippen LogP contribution in [0.25, 0.3) is 0 Å². The minimum Gasteiger partial charge on any atom is -0.466 e. The van der Waals surface area contributed by atoms with Crippen molar-refractivity contribution in [2.24, 2.45) is 0 Å². The van der Waals surface area contributed by atoms with Gasteiger partial charge in [-0.2, -0.15) is 0 Å². The van der Waals surface area contributed by atoms with E-state index in [-0.39, 0.29) is 23.5 Å². The van der Waals surface area contributed by atoms with Crippen molar-refractivity contribution >= 4 is 14.3 Å². The molecule has 0 fully saturated rings. The van der Waals surface area contributed by atoms with Gasteiger partial charge in [0.1, 0.15) is 0 Å². The molecule has 0 aliphatic heterocycles. The minimum absolute atomic E-state index is 0.0316. The summed E-state index contributed by atoms with van der Waals surface area (Å²) in [6.07, 6.45) is 2.60. The topological polar surface area (TPSA) is 55.8 Å². The maximum Gasteiger partial charge on any atom is 0.308 e. The van der Waals surface area contributed by atoms with Crippen molar-refractivity contribution in [2.45, 2.75) is 90.1 Å². The summed E-state index contributed by atoms with van der Waals surface area (Å²) in [4.78, 5) is 11.7. The molecular formula is C22H38O4Si. The van der Waals surface area contributed by atoms with E-state index in [1.165, 1.54) is 5.56 Å². The van der Waals surface area contributed by atoms with E-state index in [9.17, 15) is 9.90 Å². The maximum atomic E-state index is 11.7. The second-order valence-electron chi connectivity index (χ2n) is 8.78. The first-order valence-electron chi connectivity index (χ1n) is 10.1. The molecule has 0 aliphatic carbocycles. The van der Waals surface area contributed by atoms with Gasteiger partial charge in [-0.15, -0.1) is 0 Å². The third kappa shape index (κ3) is 9.04. The Hall–Kier alpha value is -1.17. The lowest BCUT2D eigenvalue weighted by Gasteiger charge is -2.40. The van der Waals surface area contributed by atoms with Gasteiger partial charge in [0.25, 0.3) is 0 Å². The molecule has 154 valence electrons. The number of esters is 1. The number of aliphatic hydroxyl groups is 1. The van der Waals surface area contributed by atoms with Crippen LogP contribution in [0.3, 0.4) is 0 Å². The molecule has 4 nitrogen and oxygen atoms in total. The maximum absolute atomic E-state index is 11.7. The van der Waals surface area contributed by atoms with Gasteiger partial charge in [-0.05, 0) is 56.3 Å². The molecule has 1 aromatic carbocycles. The molecule has 1 unspecified atom stereocenters. The summed E-state index contributed by atoms with van der Waals surface area (Å²) in [7, 11) is -1.95. The Labute approximate surface area is 166 Å². The fourth-order valence-corrected chi connectivity index (χ4v) is 4.20. The van der Waals surface area contributed by atoms with Crippen molar-refractivity contribution in [1.29, 1.82) is 0 Å². The molecule has 0 spiro atoms. The van der Waals surface area contributed by atoms with E-state index in [1.807, 2.05) is 6.07 Å². The fourth-order valence-electron chi connectivity index (χ4n) is 2.80. The van der Waals surface area contributed by atoms with Crippen LogP contribution in [-0.2, 0) is 20.4 Å². The van der Waals surface area contributed by atoms with E-state index in [4.69, 9.17) is 9.16 Å². The summed E-state index contributed by atoms with van der Waals surface area (Å²) in [5.41, 5.74) is 1.32. The lowest BCUT2D eigenvalue weighted by molar-refractivity contribution is -0.145. The minimum atomic E-state index is -1.95. The first-order valence-corrected chi connectivity index (χ1v) is 13.0. The van der Waals surface area contributed by atoms with Crippen molar-refractivity contribution < 1.29 is 19.1 Å². The Balaban J connectivity index is 2.68. The Kier molecular flexibility index (Phi) is 9.71. The molecule has 0 heterocycles. The Morgan fingerprint density at radius 1 is 1.19 bits per heavy atom. The molecule has 5 heteroatoms. The zero-order valence-electron chi connectivity index (χ0n) is 18.0. The molecule has 2 atom stereocenters. The van der Waals surface area contributed by atoms with Crippen LogP contribution >= 0.6 is 0 Å². The van der Waals surface area contributed by atoms with E-state index in [2.05, 4.69) is 58.1 Å². The number of aliphatic hydroxyl groups excluding tert-OH is 1. The highest BCUT2D eigenvalue weighted by Crippen LogP contribution is 2.38. The Morgan fingerprint density at radius 2 is 1.81 bits per heavy atom. The predicted octanol–water partition coefficient (Wildman–Crippen LogP) is 5.10. The quantitative estimate of drug-likeness (QED) is 0.419. The van der Waals surface area contributed by atoms with Gasteiger partial charge < -0.3 is 14.3 Å². The molecule has 1 N–H and O–H groups in total. The average Bonchev–Trinajstić information content (AvgIpc) is 2.54. The summed E-state index contributed by atoms with van der Waals surface area (Å²) >= 11 is 0. The average molecular weight is 395 g/mol. The van der Waals surface area contributed by atoms with Crippen LogP contribution in [-0.4, -0.2) is 38.2 Å².